The van der Waals surface area contributed by atoms with Crippen molar-refractivity contribution in [3.63, 3.8) is 0 Å². The first-order chi connectivity index (χ1) is 11.6. The van der Waals surface area contributed by atoms with Crippen molar-refractivity contribution in [2.45, 2.75) is 19.9 Å². The van der Waals surface area contributed by atoms with Gasteiger partial charge in [-0.15, -0.1) is 11.3 Å². The molecule has 0 aliphatic carbocycles. The first-order valence-corrected chi connectivity index (χ1v) is 9.40. The number of aromatic nitrogens is 1. The van der Waals surface area contributed by atoms with E-state index in [2.05, 4.69) is 64.3 Å². The second-order valence-electron chi connectivity index (χ2n) is 5.68. The summed E-state index contributed by atoms with van der Waals surface area (Å²) in [6, 6.07) is 16.6. The molecule has 0 unspecified atom stereocenters. The Kier molecular flexibility index (Phi) is 5.21. The largest absolute Gasteiger partial charge is 0.497 e. The summed E-state index contributed by atoms with van der Waals surface area (Å²) < 4.78 is 6.32. The van der Waals surface area contributed by atoms with Crippen LogP contribution in [-0.4, -0.2) is 18.1 Å². The van der Waals surface area contributed by atoms with Gasteiger partial charge in [-0.05, 0) is 50.2 Å². The number of hydrogen-bond donors (Lipinski definition) is 0. The van der Waals surface area contributed by atoms with E-state index in [9.17, 15) is 0 Å². The van der Waals surface area contributed by atoms with Crippen molar-refractivity contribution in [2.75, 3.05) is 12.0 Å². The van der Waals surface area contributed by atoms with E-state index in [1.54, 1.807) is 18.4 Å². The Morgan fingerprint density at radius 2 is 1.71 bits per heavy atom. The first-order valence-electron chi connectivity index (χ1n) is 7.73. The summed E-state index contributed by atoms with van der Waals surface area (Å²) in [7, 11) is 1.68. The van der Waals surface area contributed by atoms with Gasteiger partial charge < -0.3 is 9.64 Å². The number of ether oxygens (including phenoxy) is 1. The monoisotopic (exact) mass is 402 g/mol. The first kappa shape index (κ1) is 17.0. The van der Waals surface area contributed by atoms with Crippen LogP contribution in [0.25, 0.3) is 11.3 Å². The number of benzene rings is 2. The van der Waals surface area contributed by atoms with Gasteiger partial charge in [-0.1, -0.05) is 28.1 Å². The summed E-state index contributed by atoms with van der Waals surface area (Å²) in [6.45, 7) is 4.34. The van der Waals surface area contributed by atoms with Crippen LogP contribution in [0.2, 0.25) is 0 Å². The fourth-order valence-corrected chi connectivity index (χ4v) is 3.75. The zero-order chi connectivity index (χ0) is 17.1. The van der Waals surface area contributed by atoms with Crippen LogP contribution in [-0.2, 0) is 0 Å². The van der Waals surface area contributed by atoms with Crippen LogP contribution in [0, 0.1) is 0 Å². The Morgan fingerprint density at radius 3 is 2.29 bits per heavy atom. The zero-order valence-electron chi connectivity index (χ0n) is 13.9. The maximum Gasteiger partial charge on any atom is 0.190 e. The standard InChI is InChI=1S/C19H19BrN2OS/c1-13(2)22(16-8-10-17(23-3)11-9-16)19-21-18(12-24-19)14-4-6-15(20)7-5-14/h4-13H,1-3H3. The lowest BCUT2D eigenvalue weighted by Gasteiger charge is -2.26. The summed E-state index contributed by atoms with van der Waals surface area (Å²) in [5.74, 6) is 0.858. The molecule has 2 aromatic carbocycles. The molecule has 0 aliphatic heterocycles. The third kappa shape index (κ3) is 3.62. The third-order valence-electron chi connectivity index (χ3n) is 3.71. The Bertz CT molecular complexity index is 797. The quantitative estimate of drug-likeness (QED) is 0.513. The Morgan fingerprint density at radius 1 is 1.04 bits per heavy atom. The molecule has 0 N–H and O–H groups in total. The molecular weight excluding hydrogens is 384 g/mol. The SMILES string of the molecule is COc1ccc(N(c2nc(-c3ccc(Br)cc3)cs2)C(C)C)cc1. The lowest BCUT2D eigenvalue weighted by atomic mass is 10.2. The molecule has 0 radical (unpaired) electrons. The number of anilines is 2. The molecule has 124 valence electrons. The summed E-state index contributed by atoms with van der Waals surface area (Å²) >= 11 is 5.13. The van der Waals surface area contributed by atoms with Crippen molar-refractivity contribution in [3.8, 4) is 17.0 Å². The minimum absolute atomic E-state index is 0.308. The normalized spacial score (nSPS) is 10.9. The van der Waals surface area contributed by atoms with E-state index in [1.807, 2.05) is 24.3 Å². The Labute approximate surface area is 155 Å². The highest BCUT2D eigenvalue weighted by atomic mass is 79.9. The number of methoxy groups -OCH3 is 1. The van der Waals surface area contributed by atoms with Gasteiger partial charge in [0.1, 0.15) is 5.75 Å². The Balaban J connectivity index is 1.93. The molecule has 0 saturated carbocycles. The van der Waals surface area contributed by atoms with E-state index in [1.165, 1.54) is 0 Å². The van der Waals surface area contributed by atoms with Crippen molar-refractivity contribution in [2.24, 2.45) is 0 Å². The minimum Gasteiger partial charge on any atom is -0.497 e. The molecule has 0 saturated heterocycles. The molecular formula is C19H19BrN2OS. The van der Waals surface area contributed by atoms with Crippen LogP contribution in [0.4, 0.5) is 10.8 Å². The highest BCUT2D eigenvalue weighted by Crippen LogP contribution is 2.34. The van der Waals surface area contributed by atoms with E-state index in [0.717, 1.165) is 32.3 Å². The van der Waals surface area contributed by atoms with E-state index in [4.69, 9.17) is 9.72 Å². The molecule has 5 heteroatoms. The van der Waals surface area contributed by atoms with E-state index in [-0.39, 0.29) is 0 Å². The number of halogens is 1. The van der Waals surface area contributed by atoms with E-state index >= 15 is 0 Å². The maximum absolute atomic E-state index is 5.25. The lowest BCUT2D eigenvalue weighted by Crippen LogP contribution is -2.25. The molecule has 3 nitrogen and oxygen atoms in total. The lowest BCUT2D eigenvalue weighted by molar-refractivity contribution is 0.415. The minimum atomic E-state index is 0.308. The van der Waals surface area contributed by atoms with Gasteiger partial charge in [-0.2, -0.15) is 0 Å². The number of nitrogens with zero attached hydrogens (tertiary/aromatic N) is 2. The van der Waals surface area contributed by atoms with Crippen molar-refractivity contribution >= 4 is 38.1 Å². The smallest absolute Gasteiger partial charge is 0.190 e. The van der Waals surface area contributed by atoms with Gasteiger partial charge in [0.05, 0.1) is 12.8 Å². The van der Waals surface area contributed by atoms with Gasteiger partial charge in [0.15, 0.2) is 5.13 Å². The van der Waals surface area contributed by atoms with Crippen LogP contribution >= 0.6 is 27.3 Å². The fourth-order valence-electron chi connectivity index (χ4n) is 2.50. The highest BCUT2D eigenvalue weighted by Gasteiger charge is 2.17. The average molecular weight is 403 g/mol. The van der Waals surface area contributed by atoms with Crippen LogP contribution in [0.5, 0.6) is 5.75 Å². The molecule has 1 aromatic heterocycles. The van der Waals surface area contributed by atoms with Gasteiger partial charge in [0.25, 0.3) is 0 Å². The van der Waals surface area contributed by atoms with Crippen LogP contribution in [0.1, 0.15) is 13.8 Å². The van der Waals surface area contributed by atoms with E-state index in [0.29, 0.717) is 6.04 Å². The molecule has 0 aliphatic rings. The molecule has 0 amide bonds. The fraction of sp³-hybridized carbons (Fsp3) is 0.211. The molecule has 3 aromatic rings. The van der Waals surface area contributed by atoms with Crippen molar-refractivity contribution in [1.82, 2.24) is 4.98 Å². The number of thiazole rings is 1. The van der Waals surface area contributed by atoms with Crippen LogP contribution in [0.3, 0.4) is 0 Å². The van der Waals surface area contributed by atoms with Crippen molar-refractivity contribution < 1.29 is 4.74 Å². The third-order valence-corrected chi connectivity index (χ3v) is 5.07. The van der Waals surface area contributed by atoms with Crippen LogP contribution < -0.4 is 9.64 Å². The van der Waals surface area contributed by atoms with Crippen LogP contribution in [0.15, 0.2) is 58.4 Å². The number of hydrogen-bond acceptors (Lipinski definition) is 4. The summed E-state index contributed by atoms with van der Waals surface area (Å²) in [4.78, 5) is 7.09. The predicted octanol–water partition coefficient (Wildman–Crippen LogP) is 6.13. The zero-order valence-corrected chi connectivity index (χ0v) is 16.3. The molecule has 3 rings (SSSR count). The molecule has 0 bridgehead atoms. The van der Waals surface area contributed by atoms with Crippen molar-refractivity contribution in [1.29, 1.82) is 0 Å². The van der Waals surface area contributed by atoms with Gasteiger partial charge in [0, 0.05) is 27.1 Å². The molecule has 0 atom stereocenters. The summed E-state index contributed by atoms with van der Waals surface area (Å²) in [6.07, 6.45) is 0. The second-order valence-corrected chi connectivity index (χ2v) is 7.44. The highest BCUT2D eigenvalue weighted by molar-refractivity contribution is 9.10. The van der Waals surface area contributed by atoms with Gasteiger partial charge in [-0.25, -0.2) is 4.98 Å². The van der Waals surface area contributed by atoms with Gasteiger partial charge in [0.2, 0.25) is 0 Å². The number of rotatable bonds is 5. The molecule has 24 heavy (non-hydrogen) atoms. The van der Waals surface area contributed by atoms with Gasteiger partial charge >= 0.3 is 0 Å². The van der Waals surface area contributed by atoms with Crippen molar-refractivity contribution in [3.05, 3.63) is 58.4 Å². The van der Waals surface area contributed by atoms with Gasteiger partial charge in [-0.3, -0.25) is 0 Å². The summed E-state index contributed by atoms with van der Waals surface area (Å²) in [5, 5.41) is 3.10. The molecule has 1 heterocycles. The average Bonchev–Trinajstić information content (AvgIpc) is 3.05. The van der Waals surface area contributed by atoms with E-state index < -0.39 is 0 Å². The summed E-state index contributed by atoms with van der Waals surface area (Å²) in [5.41, 5.74) is 3.24. The topological polar surface area (TPSA) is 25.4 Å². The maximum atomic E-state index is 5.25. The Hall–Kier alpha value is -1.85. The molecule has 0 fully saturated rings. The predicted molar refractivity (Wildman–Crippen MR) is 106 cm³/mol. The molecule has 0 spiro atoms. The second kappa shape index (κ2) is 7.36.